The number of methoxy groups -OCH3 is 1. The third kappa shape index (κ3) is 6.28. The van der Waals surface area contributed by atoms with Crippen molar-refractivity contribution < 1.29 is 17.9 Å². The number of thiocarbonyl (C=S) groups is 1. The maximum absolute atomic E-state index is 12.5. The Bertz CT molecular complexity index is 734. The predicted molar refractivity (Wildman–Crippen MR) is 110 cm³/mol. The minimum atomic E-state index is -3.62. The quantitative estimate of drug-likeness (QED) is 0.479. The third-order valence-corrected chi connectivity index (χ3v) is 6.30. The summed E-state index contributed by atoms with van der Waals surface area (Å²) in [5, 5.41) is 6.64. The summed E-state index contributed by atoms with van der Waals surface area (Å²) in [7, 11) is 0.783. The first-order chi connectivity index (χ1) is 12.8. The first-order valence-electron chi connectivity index (χ1n) is 8.80. The number of anilines is 1. The summed E-state index contributed by atoms with van der Waals surface area (Å²) in [4.78, 5) is 2.46. The molecule has 1 saturated heterocycles. The van der Waals surface area contributed by atoms with Crippen LogP contribution < -0.4 is 15.4 Å². The van der Waals surface area contributed by atoms with Gasteiger partial charge in [-0.15, -0.1) is 0 Å². The first kappa shape index (κ1) is 21.8. The van der Waals surface area contributed by atoms with Gasteiger partial charge in [-0.3, -0.25) is 4.90 Å². The average Bonchev–Trinajstić information content (AvgIpc) is 2.66. The molecule has 1 aliphatic heterocycles. The third-order valence-electron chi connectivity index (χ3n) is 4.22. The van der Waals surface area contributed by atoms with Crippen LogP contribution in [0.3, 0.4) is 0 Å². The molecule has 8 nitrogen and oxygen atoms in total. The summed E-state index contributed by atoms with van der Waals surface area (Å²) >= 11 is 5.31. The maximum Gasteiger partial charge on any atom is 0.246 e. The van der Waals surface area contributed by atoms with Gasteiger partial charge in [0.2, 0.25) is 10.0 Å². The average molecular weight is 417 g/mol. The molecule has 152 valence electrons. The number of morpholine rings is 1. The van der Waals surface area contributed by atoms with Crippen molar-refractivity contribution in [1.29, 1.82) is 0 Å². The monoisotopic (exact) mass is 416 g/mol. The van der Waals surface area contributed by atoms with Crippen molar-refractivity contribution >= 4 is 33.0 Å². The second-order valence-electron chi connectivity index (χ2n) is 6.34. The summed E-state index contributed by atoms with van der Waals surface area (Å²) in [5.74, 6) is 0.290. The highest BCUT2D eigenvalue weighted by Gasteiger charge is 2.22. The molecular weight excluding hydrogens is 388 g/mol. The van der Waals surface area contributed by atoms with Crippen molar-refractivity contribution in [2.45, 2.75) is 11.3 Å². The second kappa shape index (κ2) is 10.2. The summed E-state index contributed by atoms with van der Waals surface area (Å²) in [6.07, 6.45) is 0.963. The van der Waals surface area contributed by atoms with Gasteiger partial charge >= 0.3 is 0 Å². The van der Waals surface area contributed by atoms with E-state index in [9.17, 15) is 8.42 Å². The van der Waals surface area contributed by atoms with Crippen LogP contribution in [0.15, 0.2) is 23.1 Å². The lowest BCUT2D eigenvalue weighted by Gasteiger charge is -2.26. The highest BCUT2D eigenvalue weighted by molar-refractivity contribution is 7.89. The zero-order valence-corrected chi connectivity index (χ0v) is 17.7. The smallest absolute Gasteiger partial charge is 0.246 e. The van der Waals surface area contributed by atoms with E-state index in [2.05, 4.69) is 15.5 Å². The van der Waals surface area contributed by atoms with Crippen LogP contribution in [0, 0.1) is 0 Å². The van der Waals surface area contributed by atoms with Crippen LogP contribution in [0.5, 0.6) is 5.75 Å². The largest absolute Gasteiger partial charge is 0.495 e. The van der Waals surface area contributed by atoms with Gasteiger partial charge in [-0.25, -0.2) is 12.7 Å². The zero-order valence-electron chi connectivity index (χ0n) is 16.0. The molecule has 1 fully saturated rings. The number of nitrogens with zero attached hydrogens (tertiary/aromatic N) is 2. The summed E-state index contributed by atoms with van der Waals surface area (Å²) in [6.45, 7) is 5.26. The Kier molecular flexibility index (Phi) is 8.24. The van der Waals surface area contributed by atoms with E-state index in [0.717, 1.165) is 50.1 Å². The normalized spacial score (nSPS) is 15.6. The number of hydrogen-bond donors (Lipinski definition) is 2. The Labute approximate surface area is 166 Å². The van der Waals surface area contributed by atoms with Crippen LogP contribution >= 0.6 is 12.2 Å². The molecule has 0 unspecified atom stereocenters. The lowest BCUT2D eigenvalue weighted by atomic mass is 10.3. The zero-order chi connectivity index (χ0) is 19.9. The number of ether oxygens (including phenoxy) is 2. The van der Waals surface area contributed by atoms with E-state index in [1.807, 2.05) is 0 Å². The Morgan fingerprint density at radius 1 is 1.33 bits per heavy atom. The number of benzene rings is 1. The molecule has 2 N–H and O–H groups in total. The van der Waals surface area contributed by atoms with Gasteiger partial charge in [-0.2, -0.15) is 0 Å². The van der Waals surface area contributed by atoms with Crippen molar-refractivity contribution in [3.8, 4) is 5.75 Å². The molecule has 1 aromatic rings. The van der Waals surface area contributed by atoms with Crippen LogP contribution in [0.25, 0.3) is 0 Å². The summed E-state index contributed by atoms with van der Waals surface area (Å²) in [5.41, 5.74) is 0.585. The van der Waals surface area contributed by atoms with Gasteiger partial charge in [0.25, 0.3) is 0 Å². The van der Waals surface area contributed by atoms with Crippen molar-refractivity contribution in [2.24, 2.45) is 0 Å². The minimum absolute atomic E-state index is 0.0927. The van der Waals surface area contributed by atoms with E-state index < -0.39 is 10.0 Å². The molecule has 2 rings (SSSR count). The highest BCUT2D eigenvalue weighted by atomic mass is 32.2. The Morgan fingerprint density at radius 2 is 2.04 bits per heavy atom. The SMILES string of the molecule is COc1ccc(NC(=S)NCCCN2CCOCC2)cc1S(=O)(=O)N(C)C. The summed E-state index contributed by atoms with van der Waals surface area (Å²) in [6, 6.07) is 4.87. The van der Waals surface area contributed by atoms with Crippen LogP contribution in [0.4, 0.5) is 5.69 Å². The summed E-state index contributed by atoms with van der Waals surface area (Å²) < 4.78 is 36.6. The molecule has 0 spiro atoms. The number of sulfonamides is 1. The van der Waals surface area contributed by atoms with Crippen LogP contribution in [-0.2, 0) is 14.8 Å². The second-order valence-corrected chi connectivity index (χ2v) is 8.87. The number of nitrogens with one attached hydrogen (secondary N) is 2. The molecule has 0 amide bonds. The van der Waals surface area contributed by atoms with Gasteiger partial charge in [0.1, 0.15) is 10.6 Å². The van der Waals surface area contributed by atoms with Gasteiger partial charge in [-0.05, 0) is 43.4 Å². The lowest BCUT2D eigenvalue weighted by Crippen LogP contribution is -2.38. The molecule has 0 bridgehead atoms. The minimum Gasteiger partial charge on any atom is -0.495 e. The molecule has 1 heterocycles. The molecule has 0 radical (unpaired) electrons. The van der Waals surface area contributed by atoms with Crippen LogP contribution in [-0.4, -0.2) is 83.3 Å². The number of hydrogen-bond acceptors (Lipinski definition) is 6. The van der Waals surface area contributed by atoms with Gasteiger partial charge in [0, 0.05) is 39.4 Å². The molecule has 10 heteroatoms. The van der Waals surface area contributed by atoms with Gasteiger partial charge in [0.05, 0.1) is 20.3 Å². The van der Waals surface area contributed by atoms with E-state index in [1.165, 1.54) is 27.3 Å². The first-order valence-corrected chi connectivity index (χ1v) is 10.6. The van der Waals surface area contributed by atoms with Crippen molar-refractivity contribution in [1.82, 2.24) is 14.5 Å². The number of rotatable bonds is 8. The molecule has 27 heavy (non-hydrogen) atoms. The van der Waals surface area contributed by atoms with Crippen molar-refractivity contribution in [2.75, 3.05) is 65.9 Å². The molecule has 0 aromatic heterocycles. The molecular formula is C17H28N4O4S2. The standard InChI is InChI=1S/C17H28N4O4S2/c1-20(2)27(22,23)16-13-14(5-6-15(16)24-3)19-17(26)18-7-4-8-21-9-11-25-12-10-21/h5-6,13H,4,7-12H2,1-3H3,(H2,18,19,26). The van der Waals surface area contributed by atoms with E-state index in [-0.39, 0.29) is 4.90 Å². The van der Waals surface area contributed by atoms with E-state index in [0.29, 0.717) is 16.5 Å². The van der Waals surface area contributed by atoms with Crippen LogP contribution in [0.1, 0.15) is 6.42 Å². The Morgan fingerprint density at radius 3 is 2.67 bits per heavy atom. The fourth-order valence-corrected chi connectivity index (χ4v) is 3.95. The molecule has 0 aliphatic carbocycles. The van der Waals surface area contributed by atoms with Crippen molar-refractivity contribution in [3.63, 3.8) is 0 Å². The predicted octanol–water partition coefficient (Wildman–Crippen LogP) is 0.954. The molecule has 0 atom stereocenters. The van der Waals surface area contributed by atoms with Gasteiger partial charge in [-0.1, -0.05) is 0 Å². The maximum atomic E-state index is 12.5. The van der Waals surface area contributed by atoms with Crippen molar-refractivity contribution in [3.05, 3.63) is 18.2 Å². The van der Waals surface area contributed by atoms with E-state index >= 15 is 0 Å². The molecule has 1 aromatic carbocycles. The molecule has 1 aliphatic rings. The van der Waals surface area contributed by atoms with Gasteiger partial charge in [0.15, 0.2) is 5.11 Å². The fourth-order valence-electron chi connectivity index (χ4n) is 2.66. The Hall–Kier alpha value is -1.46. The highest BCUT2D eigenvalue weighted by Crippen LogP contribution is 2.28. The van der Waals surface area contributed by atoms with E-state index in [1.54, 1.807) is 12.1 Å². The fraction of sp³-hybridized carbons (Fsp3) is 0.588. The van der Waals surface area contributed by atoms with Crippen LogP contribution in [0.2, 0.25) is 0 Å². The topological polar surface area (TPSA) is 83.1 Å². The lowest BCUT2D eigenvalue weighted by molar-refractivity contribution is 0.0376. The van der Waals surface area contributed by atoms with Gasteiger partial charge < -0.3 is 20.1 Å². The Balaban J connectivity index is 1.89. The van der Waals surface area contributed by atoms with E-state index in [4.69, 9.17) is 21.7 Å². The molecule has 0 saturated carbocycles.